The number of hydrogen-bond donors (Lipinski definition) is 1. The van der Waals surface area contributed by atoms with Crippen LogP contribution in [-0.2, 0) is 14.4 Å². The molecule has 1 saturated heterocycles. The number of nitrogens with one attached hydrogen (secondary N) is 1. The highest BCUT2D eigenvalue weighted by Gasteiger charge is 2.15. The summed E-state index contributed by atoms with van der Waals surface area (Å²) in [5.74, 6) is 2.45. The van der Waals surface area contributed by atoms with Crippen LogP contribution in [0.2, 0.25) is 0 Å². The van der Waals surface area contributed by atoms with Crippen molar-refractivity contribution in [3.05, 3.63) is 22.2 Å². The lowest BCUT2D eigenvalue weighted by Crippen LogP contribution is -2.32. The Bertz CT molecular complexity index is 571. The van der Waals surface area contributed by atoms with Crippen molar-refractivity contribution < 1.29 is 14.4 Å². The zero-order valence-corrected chi connectivity index (χ0v) is 14.6. The van der Waals surface area contributed by atoms with Crippen LogP contribution in [0.15, 0.2) is 11.5 Å². The molecule has 0 spiro atoms. The van der Waals surface area contributed by atoms with Crippen LogP contribution >= 0.6 is 11.3 Å². The molecule has 24 heavy (non-hydrogen) atoms. The lowest BCUT2D eigenvalue weighted by atomic mass is 10.1. The van der Waals surface area contributed by atoms with Crippen LogP contribution in [0.3, 0.4) is 0 Å². The third-order valence-corrected chi connectivity index (χ3v) is 4.44. The quantitative estimate of drug-likeness (QED) is 0.420. The average Bonchev–Trinajstić information content (AvgIpc) is 3.08. The van der Waals surface area contributed by atoms with Gasteiger partial charge in [-0.1, -0.05) is 12.5 Å². The molecule has 0 aromatic carbocycles. The number of nitrogens with zero attached hydrogens (tertiary/aromatic N) is 1. The summed E-state index contributed by atoms with van der Waals surface area (Å²) in [7, 11) is 0. The van der Waals surface area contributed by atoms with E-state index >= 15 is 0 Å². The summed E-state index contributed by atoms with van der Waals surface area (Å²) in [5.41, 5.74) is 3.39. The Kier molecular flexibility index (Phi) is 8.53. The van der Waals surface area contributed by atoms with E-state index in [9.17, 15) is 4.79 Å². The molecule has 130 valence electrons. The van der Waals surface area contributed by atoms with E-state index in [2.05, 4.69) is 22.5 Å². The van der Waals surface area contributed by atoms with Crippen LogP contribution < -0.4 is 5.48 Å². The number of hydrogen-bond acceptors (Lipinski definition) is 5. The van der Waals surface area contributed by atoms with Crippen LogP contribution in [0, 0.1) is 12.3 Å². The molecular formula is C18H24N2O3S. The molecule has 5 nitrogen and oxygen atoms in total. The summed E-state index contributed by atoms with van der Waals surface area (Å²) < 4.78 is 5.38. The molecule has 1 N–H and O–H groups in total. The lowest BCUT2D eigenvalue weighted by Gasteiger charge is -2.22. The number of amides is 1. The minimum Gasteiger partial charge on any atom is -0.350 e. The van der Waals surface area contributed by atoms with Gasteiger partial charge in [0.2, 0.25) is 5.91 Å². The molecule has 1 amide bonds. The highest BCUT2D eigenvalue weighted by Crippen LogP contribution is 2.13. The Morgan fingerprint density at radius 2 is 2.42 bits per heavy atom. The Hall–Kier alpha value is -1.68. The van der Waals surface area contributed by atoms with Crippen molar-refractivity contribution in [2.24, 2.45) is 0 Å². The Balaban J connectivity index is 1.47. The van der Waals surface area contributed by atoms with Crippen LogP contribution in [0.5, 0.6) is 0 Å². The summed E-state index contributed by atoms with van der Waals surface area (Å²) in [5, 5.41) is 2.66. The highest BCUT2D eigenvalue weighted by molar-refractivity contribution is 7.10. The molecule has 0 radical (unpaired) electrons. The smallest absolute Gasteiger partial charge is 0.243 e. The molecule has 6 heteroatoms. The van der Waals surface area contributed by atoms with Crippen molar-refractivity contribution in [1.29, 1.82) is 0 Å². The second kappa shape index (κ2) is 11.0. The van der Waals surface area contributed by atoms with Gasteiger partial charge in [-0.3, -0.25) is 4.79 Å². The largest absolute Gasteiger partial charge is 0.350 e. The van der Waals surface area contributed by atoms with Gasteiger partial charge in [0, 0.05) is 24.8 Å². The molecule has 2 rings (SSSR count). The summed E-state index contributed by atoms with van der Waals surface area (Å²) in [6.07, 6.45) is 16.4. The maximum Gasteiger partial charge on any atom is 0.243 e. The van der Waals surface area contributed by atoms with Crippen molar-refractivity contribution in [1.82, 2.24) is 10.5 Å². The number of hydroxylamine groups is 1. The normalized spacial score (nSPS) is 17.7. The second-order valence-electron chi connectivity index (χ2n) is 5.66. The molecule has 0 bridgehead atoms. The summed E-state index contributed by atoms with van der Waals surface area (Å²) in [4.78, 5) is 21.2. The van der Waals surface area contributed by atoms with Crippen LogP contribution in [-0.4, -0.2) is 23.8 Å². The van der Waals surface area contributed by atoms with Gasteiger partial charge >= 0.3 is 0 Å². The van der Waals surface area contributed by atoms with Gasteiger partial charge in [-0.2, -0.15) is 0 Å². The second-order valence-corrected chi connectivity index (χ2v) is 6.52. The fraction of sp³-hybridized carbons (Fsp3) is 0.556. The topological polar surface area (TPSA) is 60.5 Å². The molecule has 1 aliphatic rings. The molecular weight excluding hydrogens is 324 g/mol. The van der Waals surface area contributed by atoms with Gasteiger partial charge in [-0.15, -0.1) is 17.8 Å². The van der Waals surface area contributed by atoms with Gasteiger partial charge in [0.1, 0.15) is 0 Å². The van der Waals surface area contributed by atoms with Gasteiger partial charge in [0.25, 0.3) is 0 Å². The van der Waals surface area contributed by atoms with E-state index in [0.717, 1.165) is 50.6 Å². The molecule has 1 aromatic rings. The molecule has 1 aromatic heterocycles. The van der Waals surface area contributed by atoms with E-state index in [4.69, 9.17) is 16.0 Å². The maximum absolute atomic E-state index is 11.7. The van der Waals surface area contributed by atoms with Crippen molar-refractivity contribution in [3.63, 3.8) is 0 Å². The van der Waals surface area contributed by atoms with Crippen LogP contribution in [0.1, 0.15) is 62.1 Å². The predicted molar refractivity (Wildman–Crippen MR) is 95.0 cm³/mol. The molecule has 1 aliphatic heterocycles. The number of rotatable bonds is 9. The van der Waals surface area contributed by atoms with E-state index in [1.165, 1.54) is 11.3 Å². The third kappa shape index (κ3) is 7.26. The standard InChI is InChI=1S/C18H24N2O3S/c1-2-17-19-15(14-24-17)10-6-4-3-5-7-11-16(21)20-23-18-12-8-9-13-22-18/h1,6,10,14,18H,3-5,7-9,11-13H2,(H,20,21)/b10-6+. The summed E-state index contributed by atoms with van der Waals surface area (Å²) in [6, 6.07) is 0. The van der Waals surface area contributed by atoms with Crippen LogP contribution in [0.4, 0.5) is 0 Å². The third-order valence-electron chi connectivity index (χ3n) is 3.65. The van der Waals surface area contributed by atoms with Gasteiger partial charge in [0.05, 0.1) is 5.69 Å². The van der Waals surface area contributed by atoms with Gasteiger partial charge < -0.3 is 4.74 Å². The van der Waals surface area contributed by atoms with Crippen molar-refractivity contribution in [3.8, 4) is 12.3 Å². The first-order valence-corrected chi connectivity index (χ1v) is 9.30. The molecule has 1 unspecified atom stereocenters. The SMILES string of the molecule is C#Cc1nc(/C=C/CCCCCC(=O)NOC2CCCCO2)cs1. The van der Waals surface area contributed by atoms with Gasteiger partial charge in [-0.05, 0) is 44.1 Å². The Morgan fingerprint density at radius 1 is 1.50 bits per heavy atom. The first kappa shape index (κ1) is 18.7. The van der Waals surface area contributed by atoms with E-state index in [1.54, 1.807) is 0 Å². The minimum atomic E-state index is -0.284. The first-order chi connectivity index (χ1) is 11.8. The van der Waals surface area contributed by atoms with E-state index in [0.29, 0.717) is 18.0 Å². The number of unbranched alkanes of at least 4 members (excludes halogenated alkanes) is 3. The van der Waals surface area contributed by atoms with Crippen LogP contribution in [0.25, 0.3) is 6.08 Å². The number of thiazole rings is 1. The Morgan fingerprint density at radius 3 is 3.17 bits per heavy atom. The Labute approximate surface area is 147 Å². The maximum atomic E-state index is 11.7. The number of allylic oxidation sites excluding steroid dienone is 1. The van der Waals surface area contributed by atoms with Gasteiger partial charge in [-0.25, -0.2) is 15.3 Å². The van der Waals surface area contributed by atoms with E-state index < -0.39 is 0 Å². The fourth-order valence-corrected chi connectivity index (χ4v) is 2.93. The molecule has 2 heterocycles. The monoisotopic (exact) mass is 348 g/mol. The number of carbonyl (C=O) groups excluding carboxylic acids is 1. The number of carbonyl (C=O) groups is 1. The molecule has 0 aliphatic carbocycles. The van der Waals surface area contributed by atoms with Crippen molar-refractivity contribution in [2.75, 3.05) is 6.61 Å². The van der Waals surface area contributed by atoms with E-state index in [1.807, 2.05) is 11.5 Å². The number of terminal acetylenes is 1. The first-order valence-electron chi connectivity index (χ1n) is 8.42. The average molecular weight is 348 g/mol. The predicted octanol–water partition coefficient (Wildman–Crippen LogP) is 3.66. The lowest BCUT2D eigenvalue weighted by molar-refractivity contribution is -0.200. The minimum absolute atomic E-state index is 0.0796. The van der Waals surface area contributed by atoms with Crippen molar-refractivity contribution >= 4 is 23.3 Å². The number of ether oxygens (including phenoxy) is 1. The summed E-state index contributed by atoms with van der Waals surface area (Å²) in [6.45, 7) is 0.707. The molecule has 1 fully saturated rings. The van der Waals surface area contributed by atoms with Crippen molar-refractivity contribution in [2.45, 2.75) is 57.7 Å². The number of aromatic nitrogens is 1. The molecule has 1 atom stereocenters. The molecule has 0 saturated carbocycles. The van der Waals surface area contributed by atoms with E-state index in [-0.39, 0.29) is 12.2 Å². The zero-order chi connectivity index (χ0) is 17.0. The zero-order valence-electron chi connectivity index (χ0n) is 13.8. The highest BCUT2D eigenvalue weighted by atomic mass is 32.1. The van der Waals surface area contributed by atoms with Gasteiger partial charge in [0.15, 0.2) is 11.3 Å². The fourth-order valence-electron chi connectivity index (χ4n) is 2.34. The summed E-state index contributed by atoms with van der Waals surface area (Å²) >= 11 is 1.48.